The number of thiazole rings is 1. The van der Waals surface area contributed by atoms with E-state index in [1.807, 2.05) is 25.1 Å². The fraction of sp³-hybridized carbons (Fsp3) is 0.421. The molecule has 2 aromatic rings. The van der Waals surface area contributed by atoms with Gasteiger partial charge < -0.3 is 15.5 Å². The van der Waals surface area contributed by atoms with E-state index in [9.17, 15) is 9.59 Å². The van der Waals surface area contributed by atoms with Crippen LogP contribution in [-0.2, 0) is 4.79 Å². The van der Waals surface area contributed by atoms with Gasteiger partial charge in [-0.3, -0.25) is 9.59 Å². The van der Waals surface area contributed by atoms with Crippen molar-refractivity contribution in [3.8, 4) is 0 Å². The first-order valence-electron chi connectivity index (χ1n) is 9.12. The smallest absolute Gasteiger partial charge is 0.271 e. The highest BCUT2D eigenvalue weighted by Crippen LogP contribution is 2.28. The number of amides is 2. The van der Waals surface area contributed by atoms with Gasteiger partial charge in [-0.25, -0.2) is 4.98 Å². The molecule has 1 aliphatic carbocycles. The van der Waals surface area contributed by atoms with Crippen LogP contribution in [0.15, 0.2) is 28.1 Å². The number of nitrogens with one attached hydrogen (secondary N) is 2. The number of nitrogens with zero attached hydrogens (tertiary/aromatic N) is 2. The van der Waals surface area contributed by atoms with Crippen LogP contribution in [0.2, 0.25) is 0 Å². The third-order valence-electron chi connectivity index (χ3n) is 4.84. The highest BCUT2D eigenvalue weighted by molar-refractivity contribution is 9.10. The van der Waals surface area contributed by atoms with Gasteiger partial charge >= 0.3 is 0 Å². The van der Waals surface area contributed by atoms with Gasteiger partial charge in [-0.1, -0.05) is 15.9 Å². The van der Waals surface area contributed by atoms with Crippen molar-refractivity contribution in [2.24, 2.45) is 0 Å². The molecular formula is C19H21BrN4O2S. The number of carbonyl (C=O) groups excluding carboxylic acids is 2. The number of carbonyl (C=O) groups is 2. The van der Waals surface area contributed by atoms with Gasteiger partial charge in [0.15, 0.2) is 5.13 Å². The lowest BCUT2D eigenvalue weighted by Gasteiger charge is -2.32. The van der Waals surface area contributed by atoms with E-state index in [0.717, 1.165) is 40.1 Å². The van der Waals surface area contributed by atoms with Gasteiger partial charge in [0.25, 0.3) is 5.91 Å². The van der Waals surface area contributed by atoms with Crippen LogP contribution in [0.25, 0.3) is 0 Å². The minimum Gasteiger partial charge on any atom is -0.359 e. The minimum atomic E-state index is -0.517. The summed E-state index contributed by atoms with van der Waals surface area (Å²) in [6, 6.07) is 5.84. The topological polar surface area (TPSA) is 74.3 Å². The monoisotopic (exact) mass is 448 g/mol. The van der Waals surface area contributed by atoms with Gasteiger partial charge in [0.2, 0.25) is 5.91 Å². The summed E-state index contributed by atoms with van der Waals surface area (Å²) in [6.07, 6.45) is 3.80. The lowest BCUT2D eigenvalue weighted by Crippen LogP contribution is -2.52. The molecule has 2 heterocycles. The zero-order chi connectivity index (χ0) is 19.0. The molecule has 0 spiro atoms. The standard InChI is InChI=1S/C19H21BrN4O2S/c1-11-9-13(6-7-14(11)20)24-8-2-3-15(18(24)26)22-17(25)16-10-27-19(23-16)21-12-4-5-12/h6-7,9-10,12,15H,2-5,8H2,1H3,(H,21,23)(H,22,25). The summed E-state index contributed by atoms with van der Waals surface area (Å²) in [5.41, 5.74) is 2.31. The summed E-state index contributed by atoms with van der Waals surface area (Å²) in [5, 5.41) is 8.67. The van der Waals surface area contributed by atoms with Crippen molar-refractivity contribution in [2.45, 2.75) is 44.7 Å². The Bertz CT molecular complexity index is 880. The van der Waals surface area contributed by atoms with Crippen LogP contribution < -0.4 is 15.5 Å². The summed E-state index contributed by atoms with van der Waals surface area (Å²) in [5.74, 6) is -0.356. The Morgan fingerprint density at radius 3 is 2.89 bits per heavy atom. The van der Waals surface area contributed by atoms with Crippen LogP contribution in [-0.4, -0.2) is 35.4 Å². The maximum absolute atomic E-state index is 12.9. The van der Waals surface area contributed by atoms with Crippen LogP contribution in [0, 0.1) is 6.92 Å². The third kappa shape index (κ3) is 4.16. The normalized spacial score (nSPS) is 19.9. The quantitative estimate of drug-likeness (QED) is 0.730. The Balaban J connectivity index is 1.43. The number of aromatic nitrogens is 1. The van der Waals surface area contributed by atoms with Crippen molar-refractivity contribution >= 4 is 49.9 Å². The number of hydrogen-bond donors (Lipinski definition) is 2. The summed E-state index contributed by atoms with van der Waals surface area (Å²) >= 11 is 4.91. The van der Waals surface area contributed by atoms with E-state index in [-0.39, 0.29) is 11.8 Å². The maximum Gasteiger partial charge on any atom is 0.271 e. The molecule has 1 saturated heterocycles. The Morgan fingerprint density at radius 2 is 2.15 bits per heavy atom. The number of rotatable bonds is 5. The highest BCUT2D eigenvalue weighted by atomic mass is 79.9. The predicted molar refractivity (Wildman–Crippen MR) is 110 cm³/mol. The molecule has 1 aromatic heterocycles. The van der Waals surface area contributed by atoms with Crippen molar-refractivity contribution in [1.29, 1.82) is 0 Å². The molecule has 142 valence electrons. The highest BCUT2D eigenvalue weighted by Gasteiger charge is 2.31. The van der Waals surface area contributed by atoms with Gasteiger partial charge in [0.1, 0.15) is 11.7 Å². The second-order valence-corrected chi connectivity index (χ2v) is 8.76. The number of aryl methyl sites for hydroxylation is 1. The molecule has 1 saturated carbocycles. The molecular weight excluding hydrogens is 428 g/mol. The zero-order valence-corrected chi connectivity index (χ0v) is 17.4. The SMILES string of the molecule is Cc1cc(N2CCCC(NC(=O)c3csc(NC4CC4)n3)C2=O)ccc1Br. The van der Waals surface area contributed by atoms with Crippen LogP contribution in [0.5, 0.6) is 0 Å². The van der Waals surface area contributed by atoms with Crippen molar-refractivity contribution in [3.63, 3.8) is 0 Å². The molecule has 1 aromatic carbocycles. The number of benzene rings is 1. The Labute approximate surface area is 170 Å². The molecule has 2 aliphatic rings. The Hall–Kier alpha value is -1.93. The lowest BCUT2D eigenvalue weighted by molar-refractivity contribution is -0.121. The van der Waals surface area contributed by atoms with Crippen molar-refractivity contribution < 1.29 is 9.59 Å². The summed E-state index contributed by atoms with van der Waals surface area (Å²) < 4.78 is 1.01. The van der Waals surface area contributed by atoms with Gasteiger partial charge in [-0.15, -0.1) is 11.3 Å². The summed E-state index contributed by atoms with van der Waals surface area (Å²) in [7, 11) is 0. The first-order chi connectivity index (χ1) is 13.0. The fourth-order valence-electron chi connectivity index (χ4n) is 3.14. The molecule has 1 aliphatic heterocycles. The van der Waals surface area contributed by atoms with Crippen LogP contribution in [0.4, 0.5) is 10.8 Å². The number of anilines is 2. The van der Waals surface area contributed by atoms with E-state index in [4.69, 9.17) is 0 Å². The van der Waals surface area contributed by atoms with E-state index < -0.39 is 6.04 Å². The third-order valence-corrected chi connectivity index (χ3v) is 6.50. The molecule has 0 radical (unpaired) electrons. The van der Waals surface area contributed by atoms with Crippen LogP contribution in [0.3, 0.4) is 0 Å². The molecule has 1 atom stereocenters. The minimum absolute atomic E-state index is 0.0668. The van der Waals surface area contributed by atoms with E-state index in [2.05, 4.69) is 31.5 Å². The molecule has 2 amide bonds. The van der Waals surface area contributed by atoms with Crippen LogP contribution in [0.1, 0.15) is 41.7 Å². The lowest BCUT2D eigenvalue weighted by atomic mass is 10.0. The van der Waals surface area contributed by atoms with E-state index in [1.54, 1.807) is 10.3 Å². The van der Waals surface area contributed by atoms with Gasteiger partial charge in [0.05, 0.1) is 0 Å². The average Bonchev–Trinajstić information content (AvgIpc) is 3.33. The zero-order valence-electron chi connectivity index (χ0n) is 15.0. The van der Waals surface area contributed by atoms with E-state index >= 15 is 0 Å². The van der Waals surface area contributed by atoms with Crippen molar-refractivity contribution in [2.75, 3.05) is 16.8 Å². The van der Waals surface area contributed by atoms with Crippen molar-refractivity contribution in [3.05, 3.63) is 39.3 Å². The predicted octanol–water partition coefficient (Wildman–Crippen LogP) is 3.71. The number of piperidine rings is 1. The van der Waals surface area contributed by atoms with Gasteiger partial charge in [0, 0.05) is 28.1 Å². The summed E-state index contributed by atoms with van der Waals surface area (Å²) in [4.78, 5) is 31.6. The largest absolute Gasteiger partial charge is 0.359 e. The molecule has 6 nitrogen and oxygen atoms in total. The maximum atomic E-state index is 12.9. The molecule has 2 N–H and O–H groups in total. The van der Waals surface area contributed by atoms with E-state index in [1.165, 1.54) is 11.3 Å². The fourth-order valence-corrected chi connectivity index (χ4v) is 4.16. The first kappa shape index (κ1) is 18.4. The Morgan fingerprint density at radius 1 is 1.33 bits per heavy atom. The molecule has 27 heavy (non-hydrogen) atoms. The first-order valence-corrected chi connectivity index (χ1v) is 10.8. The van der Waals surface area contributed by atoms with Crippen molar-refractivity contribution in [1.82, 2.24) is 10.3 Å². The van der Waals surface area contributed by atoms with Gasteiger partial charge in [-0.05, 0) is 56.4 Å². The second kappa shape index (κ2) is 7.59. The number of halogens is 1. The van der Waals surface area contributed by atoms with Crippen LogP contribution >= 0.6 is 27.3 Å². The van der Waals surface area contributed by atoms with Gasteiger partial charge in [-0.2, -0.15) is 0 Å². The molecule has 0 bridgehead atoms. The Kier molecular flexibility index (Phi) is 5.19. The average molecular weight is 449 g/mol. The van der Waals surface area contributed by atoms with E-state index in [0.29, 0.717) is 24.7 Å². The summed E-state index contributed by atoms with van der Waals surface area (Å²) in [6.45, 7) is 2.66. The molecule has 4 rings (SSSR count). The second-order valence-electron chi connectivity index (χ2n) is 7.05. The number of hydrogen-bond acceptors (Lipinski definition) is 5. The molecule has 2 fully saturated rings. The molecule has 1 unspecified atom stereocenters. The molecule has 8 heteroatoms.